The molecule has 0 spiro atoms. The molecule has 2 rings (SSSR count). The van der Waals surface area contributed by atoms with E-state index in [9.17, 15) is 14.7 Å². The summed E-state index contributed by atoms with van der Waals surface area (Å²) >= 11 is 0. The van der Waals surface area contributed by atoms with Crippen molar-refractivity contribution in [2.24, 2.45) is 0 Å². The Kier molecular flexibility index (Phi) is 5.68. The van der Waals surface area contributed by atoms with Crippen LogP contribution in [0.15, 0.2) is 48.7 Å². The van der Waals surface area contributed by atoms with Crippen LogP contribution in [-0.4, -0.2) is 34.6 Å². The van der Waals surface area contributed by atoms with Crippen LogP contribution in [0.4, 0.5) is 0 Å². The van der Waals surface area contributed by atoms with E-state index in [4.69, 9.17) is 4.74 Å². The van der Waals surface area contributed by atoms with E-state index in [-0.39, 0.29) is 12.0 Å². The summed E-state index contributed by atoms with van der Waals surface area (Å²) in [6.45, 7) is 2.32. The maximum atomic E-state index is 12.2. The topological polar surface area (TPSA) is 88.5 Å². The summed E-state index contributed by atoms with van der Waals surface area (Å²) in [6, 6.07) is 11.3. The number of carbonyl (C=O) groups is 2. The van der Waals surface area contributed by atoms with E-state index in [0.29, 0.717) is 12.5 Å². The molecule has 0 aliphatic rings. The number of carboxylic acids is 1. The molecule has 120 valence electrons. The number of nitrogens with zero attached hydrogens (tertiary/aromatic N) is 1. The van der Waals surface area contributed by atoms with Crippen LogP contribution in [0.2, 0.25) is 0 Å². The molecule has 6 nitrogen and oxygen atoms in total. The van der Waals surface area contributed by atoms with Gasteiger partial charge in [-0.3, -0.25) is 4.79 Å². The fourth-order valence-electron chi connectivity index (χ4n) is 2.04. The van der Waals surface area contributed by atoms with Crippen LogP contribution in [0.3, 0.4) is 0 Å². The Balaban J connectivity index is 2.04. The molecule has 1 aromatic heterocycles. The van der Waals surface area contributed by atoms with Crippen molar-refractivity contribution < 1.29 is 19.4 Å². The number of pyridine rings is 1. The molecule has 1 aromatic carbocycles. The first-order valence-electron chi connectivity index (χ1n) is 7.26. The average Bonchev–Trinajstić information content (AvgIpc) is 2.56. The van der Waals surface area contributed by atoms with Crippen LogP contribution in [0.25, 0.3) is 0 Å². The molecule has 6 heteroatoms. The molecule has 0 aliphatic carbocycles. The SMILES string of the molecule is CCOc1ccc(C(=O)NC(Cc2ccccc2)C(=O)O)cn1. The van der Waals surface area contributed by atoms with E-state index in [1.54, 1.807) is 12.1 Å². The minimum Gasteiger partial charge on any atom is -0.480 e. The number of benzene rings is 1. The van der Waals surface area contributed by atoms with E-state index >= 15 is 0 Å². The van der Waals surface area contributed by atoms with Crippen molar-refractivity contribution >= 4 is 11.9 Å². The van der Waals surface area contributed by atoms with Crippen LogP contribution < -0.4 is 10.1 Å². The van der Waals surface area contributed by atoms with Gasteiger partial charge in [-0.1, -0.05) is 30.3 Å². The van der Waals surface area contributed by atoms with Gasteiger partial charge in [-0.25, -0.2) is 9.78 Å². The van der Waals surface area contributed by atoms with Crippen LogP contribution >= 0.6 is 0 Å². The lowest BCUT2D eigenvalue weighted by Gasteiger charge is -2.14. The van der Waals surface area contributed by atoms with Gasteiger partial charge in [0.2, 0.25) is 5.88 Å². The summed E-state index contributed by atoms with van der Waals surface area (Å²) in [5.41, 5.74) is 1.12. The van der Waals surface area contributed by atoms with E-state index in [1.807, 2.05) is 37.3 Å². The first-order valence-corrected chi connectivity index (χ1v) is 7.26. The largest absolute Gasteiger partial charge is 0.480 e. The quantitative estimate of drug-likeness (QED) is 0.815. The van der Waals surface area contributed by atoms with E-state index in [0.717, 1.165) is 5.56 Å². The summed E-state index contributed by atoms with van der Waals surface area (Å²) < 4.78 is 5.20. The Morgan fingerprint density at radius 2 is 1.96 bits per heavy atom. The molecule has 1 atom stereocenters. The lowest BCUT2D eigenvalue weighted by Crippen LogP contribution is -2.42. The van der Waals surface area contributed by atoms with Crippen LogP contribution in [0.5, 0.6) is 5.88 Å². The van der Waals surface area contributed by atoms with Gasteiger partial charge in [0.05, 0.1) is 12.2 Å². The standard InChI is InChI=1S/C17H18N2O4/c1-2-23-15-9-8-13(11-18-15)16(20)19-14(17(21)22)10-12-6-4-3-5-7-12/h3-9,11,14H,2,10H2,1H3,(H,19,20)(H,21,22). The normalized spacial score (nSPS) is 11.5. The Labute approximate surface area is 134 Å². The molecule has 0 aliphatic heterocycles. The minimum absolute atomic E-state index is 0.215. The second-order valence-electron chi connectivity index (χ2n) is 4.87. The molecule has 0 saturated heterocycles. The maximum Gasteiger partial charge on any atom is 0.326 e. The van der Waals surface area contributed by atoms with Gasteiger partial charge in [0.1, 0.15) is 6.04 Å². The van der Waals surface area contributed by atoms with Gasteiger partial charge in [-0.05, 0) is 18.6 Å². The van der Waals surface area contributed by atoms with Crippen molar-refractivity contribution in [3.63, 3.8) is 0 Å². The Hall–Kier alpha value is -2.89. The molecule has 1 unspecified atom stereocenters. The summed E-state index contributed by atoms with van der Waals surface area (Å²) in [7, 11) is 0. The lowest BCUT2D eigenvalue weighted by molar-refractivity contribution is -0.139. The number of aromatic nitrogens is 1. The molecule has 0 radical (unpaired) electrons. The predicted octanol–water partition coefficient (Wildman–Crippen LogP) is 1.91. The Bertz CT molecular complexity index is 656. The summed E-state index contributed by atoms with van der Waals surface area (Å²) in [6.07, 6.45) is 1.58. The van der Waals surface area contributed by atoms with Gasteiger partial charge < -0.3 is 15.2 Å². The number of amides is 1. The van der Waals surface area contributed by atoms with E-state index in [2.05, 4.69) is 10.3 Å². The second-order valence-corrected chi connectivity index (χ2v) is 4.87. The zero-order valence-electron chi connectivity index (χ0n) is 12.7. The second kappa shape index (κ2) is 7.93. The number of nitrogens with one attached hydrogen (secondary N) is 1. The number of hydrogen-bond acceptors (Lipinski definition) is 4. The van der Waals surface area contributed by atoms with Gasteiger partial charge in [0.25, 0.3) is 5.91 Å². The highest BCUT2D eigenvalue weighted by atomic mass is 16.5. The Morgan fingerprint density at radius 1 is 1.22 bits per heavy atom. The maximum absolute atomic E-state index is 12.2. The molecule has 1 heterocycles. The number of hydrogen-bond donors (Lipinski definition) is 2. The number of rotatable bonds is 7. The smallest absolute Gasteiger partial charge is 0.326 e. The predicted molar refractivity (Wildman–Crippen MR) is 84.4 cm³/mol. The van der Waals surface area contributed by atoms with Crippen molar-refractivity contribution in [2.45, 2.75) is 19.4 Å². The summed E-state index contributed by atoms with van der Waals surface area (Å²) in [5, 5.41) is 11.8. The molecule has 2 aromatic rings. The number of ether oxygens (including phenoxy) is 1. The zero-order chi connectivity index (χ0) is 16.7. The molecule has 0 saturated carbocycles. The first-order chi connectivity index (χ1) is 11.1. The zero-order valence-corrected chi connectivity index (χ0v) is 12.7. The third-order valence-electron chi connectivity index (χ3n) is 3.18. The van der Waals surface area contributed by atoms with E-state index < -0.39 is 17.9 Å². The molecular weight excluding hydrogens is 296 g/mol. The molecular formula is C17H18N2O4. The summed E-state index contributed by atoms with van der Waals surface area (Å²) in [4.78, 5) is 27.5. The van der Waals surface area contributed by atoms with Gasteiger partial charge in [0, 0.05) is 18.7 Å². The van der Waals surface area contributed by atoms with Crippen molar-refractivity contribution in [2.75, 3.05) is 6.61 Å². The fourth-order valence-corrected chi connectivity index (χ4v) is 2.04. The summed E-state index contributed by atoms with van der Waals surface area (Å²) in [5.74, 6) is -1.15. The minimum atomic E-state index is -1.08. The fraction of sp³-hybridized carbons (Fsp3) is 0.235. The number of carboxylic acid groups (broad SMARTS) is 1. The third-order valence-corrected chi connectivity index (χ3v) is 3.18. The highest BCUT2D eigenvalue weighted by molar-refractivity contribution is 5.96. The van der Waals surface area contributed by atoms with Crippen molar-refractivity contribution in [1.82, 2.24) is 10.3 Å². The van der Waals surface area contributed by atoms with Crippen LogP contribution in [0, 0.1) is 0 Å². The average molecular weight is 314 g/mol. The highest BCUT2D eigenvalue weighted by Crippen LogP contribution is 2.09. The Morgan fingerprint density at radius 3 is 2.52 bits per heavy atom. The van der Waals surface area contributed by atoms with Gasteiger partial charge in [0.15, 0.2) is 0 Å². The number of aliphatic carboxylic acids is 1. The van der Waals surface area contributed by atoms with Crippen molar-refractivity contribution in [3.8, 4) is 5.88 Å². The van der Waals surface area contributed by atoms with Crippen LogP contribution in [0.1, 0.15) is 22.8 Å². The molecule has 23 heavy (non-hydrogen) atoms. The van der Waals surface area contributed by atoms with Gasteiger partial charge >= 0.3 is 5.97 Å². The van der Waals surface area contributed by atoms with Gasteiger partial charge in [-0.15, -0.1) is 0 Å². The number of carbonyl (C=O) groups excluding carboxylic acids is 1. The lowest BCUT2D eigenvalue weighted by atomic mass is 10.1. The molecule has 0 bridgehead atoms. The van der Waals surface area contributed by atoms with Crippen molar-refractivity contribution in [1.29, 1.82) is 0 Å². The highest BCUT2D eigenvalue weighted by Gasteiger charge is 2.21. The molecule has 2 N–H and O–H groups in total. The van der Waals surface area contributed by atoms with Gasteiger partial charge in [-0.2, -0.15) is 0 Å². The van der Waals surface area contributed by atoms with E-state index in [1.165, 1.54) is 6.20 Å². The molecule has 0 fully saturated rings. The first kappa shape index (κ1) is 16.5. The van der Waals surface area contributed by atoms with Crippen LogP contribution in [-0.2, 0) is 11.2 Å². The third kappa shape index (κ3) is 4.81. The monoisotopic (exact) mass is 314 g/mol. The molecule has 1 amide bonds. The van der Waals surface area contributed by atoms with Crippen molar-refractivity contribution in [3.05, 3.63) is 59.8 Å².